The standard InChI is InChI=1S/C11H22N2S/c1-11(2,10-12)6-4-5-7-13-8-9-14-3/h13H,4-9H2,1-3H3. The van der Waals surface area contributed by atoms with E-state index in [1.165, 1.54) is 12.2 Å². The Morgan fingerprint density at radius 1 is 1.29 bits per heavy atom. The van der Waals surface area contributed by atoms with Crippen LogP contribution in [-0.4, -0.2) is 25.1 Å². The molecule has 0 bridgehead atoms. The van der Waals surface area contributed by atoms with Crippen LogP contribution in [-0.2, 0) is 0 Å². The van der Waals surface area contributed by atoms with E-state index < -0.39 is 0 Å². The summed E-state index contributed by atoms with van der Waals surface area (Å²) in [7, 11) is 0. The maximum atomic E-state index is 8.80. The second-order valence-electron chi connectivity index (χ2n) is 4.20. The lowest BCUT2D eigenvalue weighted by atomic mass is 9.89. The van der Waals surface area contributed by atoms with Crippen LogP contribution in [0.1, 0.15) is 33.1 Å². The van der Waals surface area contributed by atoms with E-state index in [-0.39, 0.29) is 5.41 Å². The first-order valence-corrected chi connectivity index (χ1v) is 6.63. The van der Waals surface area contributed by atoms with E-state index in [0.29, 0.717) is 0 Å². The van der Waals surface area contributed by atoms with E-state index in [0.717, 1.165) is 25.9 Å². The van der Waals surface area contributed by atoms with E-state index in [1.54, 1.807) is 0 Å². The summed E-state index contributed by atoms with van der Waals surface area (Å²) < 4.78 is 0. The first kappa shape index (κ1) is 13.8. The summed E-state index contributed by atoms with van der Waals surface area (Å²) in [5, 5.41) is 12.2. The van der Waals surface area contributed by atoms with Crippen LogP contribution in [0.25, 0.3) is 0 Å². The summed E-state index contributed by atoms with van der Waals surface area (Å²) >= 11 is 1.87. The monoisotopic (exact) mass is 214 g/mol. The topological polar surface area (TPSA) is 35.8 Å². The van der Waals surface area contributed by atoms with Crippen molar-refractivity contribution in [2.24, 2.45) is 5.41 Å². The molecule has 0 aromatic rings. The molecule has 0 aromatic heterocycles. The summed E-state index contributed by atoms with van der Waals surface area (Å²) in [6, 6.07) is 2.33. The van der Waals surface area contributed by atoms with Crippen LogP contribution in [0.5, 0.6) is 0 Å². The number of nitriles is 1. The minimum Gasteiger partial charge on any atom is -0.316 e. The van der Waals surface area contributed by atoms with Crippen LogP contribution in [0, 0.1) is 16.7 Å². The number of hydrogen-bond acceptors (Lipinski definition) is 3. The summed E-state index contributed by atoms with van der Waals surface area (Å²) in [6.07, 6.45) is 5.46. The first-order chi connectivity index (χ1) is 6.62. The Morgan fingerprint density at radius 3 is 2.57 bits per heavy atom. The molecule has 0 saturated carbocycles. The van der Waals surface area contributed by atoms with Crippen molar-refractivity contribution >= 4 is 11.8 Å². The van der Waals surface area contributed by atoms with Gasteiger partial charge in [-0.3, -0.25) is 0 Å². The molecule has 0 aromatic carbocycles. The summed E-state index contributed by atoms with van der Waals surface area (Å²) in [6.45, 7) is 6.20. The Labute approximate surface area is 92.5 Å². The van der Waals surface area contributed by atoms with E-state index in [2.05, 4.69) is 17.6 Å². The van der Waals surface area contributed by atoms with E-state index in [9.17, 15) is 0 Å². The van der Waals surface area contributed by atoms with Gasteiger partial charge in [0.25, 0.3) is 0 Å². The predicted octanol–water partition coefficient (Wildman–Crippen LogP) is 2.66. The minimum absolute atomic E-state index is 0.140. The first-order valence-electron chi connectivity index (χ1n) is 5.23. The smallest absolute Gasteiger partial charge is 0.0683 e. The summed E-state index contributed by atoms with van der Waals surface area (Å²) in [5.74, 6) is 1.18. The fourth-order valence-electron chi connectivity index (χ4n) is 1.17. The molecule has 0 rings (SSSR count). The van der Waals surface area contributed by atoms with Crippen molar-refractivity contribution in [3.8, 4) is 6.07 Å². The molecule has 0 unspecified atom stereocenters. The molecule has 0 spiro atoms. The predicted molar refractivity (Wildman–Crippen MR) is 64.5 cm³/mol. The van der Waals surface area contributed by atoms with Crippen molar-refractivity contribution in [2.45, 2.75) is 33.1 Å². The van der Waals surface area contributed by atoms with Crippen molar-refractivity contribution in [1.82, 2.24) is 5.32 Å². The van der Waals surface area contributed by atoms with Gasteiger partial charge in [0, 0.05) is 12.3 Å². The van der Waals surface area contributed by atoms with Crippen LogP contribution in [0.4, 0.5) is 0 Å². The molecule has 1 N–H and O–H groups in total. The normalized spacial score (nSPS) is 11.3. The maximum absolute atomic E-state index is 8.80. The van der Waals surface area contributed by atoms with Crippen LogP contribution < -0.4 is 5.32 Å². The lowest BCUT2D eigenvalue weighted by Crippen LogP contribution is -2.18. The quantitative estimate of drug-likeness (QED) is 0.631. The largest absolute Gasteiger partial charge is 0.316 e. The highest BCUT2D eigenvalue weighted by Gasteiger charge is 2.14. The number of thioether (sulfide) groups is 1. The molecule has 2 nitrogen and oxygen atoms in total. The van der Waals surface area contributed by atoms with Gasteiger partial charge in [-0.25, -0.2) is 0 Å². The van der Waals surface area contributed by atoms with Gasteiger partial charge in [0.05, 0.1) is 11.5 Å². The van der Waals surface area contributed by atoms with Crippen molar-refractivity contribution in [3.05, 3.63) is 0 Å². The van der Waals surface area contributed by atoms with Crippen LogP contribution >= 0.6 is 11.8 Å². The number of hydrogen-bond donors (Lipinski definition) is 1. The Morgan fingerprint density at radius 2 is 2.00 bits per heavy atom. The van der Waals surface area contributed by atoms with Crippen molar-refractivity contribution < 1.29 is 0 Å². The van der Waals surface area contributed by atoms with Gasteiger partial charge in [-0.05, 0) is 39.5 Å². The molecule has 0 atom stereocenters. The third-order valence-corrected chi connectivity index (χ3v) is 2.80. The Kier molecular flexibility index (Phi) is 8.02. The number of rotatable bonds is 8. The highest BCUT2D eigenvalue weighted by atomic mass is 32.2. The highest BCUT2D eigenvalue weighted by Crippen LogP contribution is 2.21. The second kappa shape index (κ2) is 8.14. The number of nitrogens with one attached hydrogen (secondary N) is 1. The molecule has 0 saturated heterocycles. The van der Waals surface area contributed by atoms with E-state index in [4.69, 9.17) is 5.26 Å². The lowest BCUT2D eigenvalue weighted by Gasteiger charge is -2.14. The van der Waals surface area contributed by atoms with Crippen LogP contribution in [0.15, 0.2) is 0 Å². The maximum Gasteiger partial charge on any atom is 0.0683 e. The Balaban J connectivity index is 3.18. The zero-order valence-corrected chi connectivity index (χ0v) is 10.4. The van der Waals surface area contributed by atoms with Crippen LogP contribution in [0.2, 0.25) is 0 Å². The zero-order valence-electron chi connectivity index (χ0n) is 9.60. The Hall–Kier alpha value is -0.200. The molecule has 0 amide bonds. The third-order valence-electron chi connectivity index (χ3n) is 2.19. The molecular weight excluding hydrogens is 192 g/mol. The van der Waals surface area contributed by atoms with Gasteiger partial charge in [-0.1, -0.05) is 6.42 Å². The van der Waals surface area contributed by atoms with Gasteiger partial charge in [0.1, 0.15) is 0 Å². The van der Waals surface area contributed by atoms with Gasteiger partial charge in [0.2, 0.25) is 0 Å². The van der Waals surface area contributed by atoms with Gasteiger partial charge in [-0.15, -0.1) is 0 Å². The molecule has 0 aliphatic rings. The number of nitrogens with zero attached hydrogens (tertiary/aromatic N) is 1. The van der Waals surface area contributed by atoms with Gasteiger partial charge < -0.3 is 5.32 Å². The minimum atomic E-state index is -0.140. The molecule has 0 radical (unpaired) electrons. The van der Waals surface area contributed by atoms with Gasteiger partial charge in [-0.2, -0.15) is 17.0 Å². The van der Waals surface area contributed by atoms with Crippen LogP contribution in [0.3, 0.4) is 0 Å². The average molecular weight is 214 g/mol. The van der Waals surface area contributed by atoms with Crippen molar-refractivity contribution in [3.63, 3.8) is 0 Å². The van der Waals surface area contributed by atoms with E-state index in [1.807, 2.05) is 25.6 Å². The second-order valence-corrected chi connectivity index (χ2v) is 5.18. The Bertz CT molecular complexity index is 173. The molecule has 0 heterocycles. The fraction of sp³-hybridized carbons (Fsp3) is 0.909. The molecule has 3 heteroatoms. The van der Waals surface area contributed by atoms with Crippen molar-refractivity contribution in [1.29, 1.82) is 5.26 Å². The zero-order chi connectivity index (χ0) is 10.9. The molecule has 14 heavy (non-hydrogen) atoms. The lowest BCUT2D eigenvalue weighted by molar-refractivity contribution is 0.423. The molecule has 82 valence electrons. The molecule has 0 aliphatic carbocycles. The molecule has 0 aliphatic heterocycles. The third kappa shape index (κ3) is 8.40. The van der Waals surface area contributed by atoms with Gasteiger partial charge >= 0.3 is 0 Å². The highest BCUT2D eigenvalue weighted by molar-refractivity contribution is 7.98. The SMILES string of the molecule is CSCCNCCCCC(C)(C)C#N. The average Bonchev–Trinajstić information content (AvgIpc) is 2.16. The van der Waals surface area contributed by atoms with E-state index >= 15 is 0 Å². The molecule has 0 fully saturated rings. The number of unbranched alkanes of at least 4 members (excludes halogenated alkanes) is 1. The fourth-order valence-corrected chi connectivity index (χ4v) is 1.52. The van der Waals surface area contributed by atoms with Gasteiger partial charge in [0.15, 0.2) is 0 Å². The summed E-state index contributed by atoms with van der Waals surface area (Å²) in [4.78, 5) is 0. The molecular formula is C11H22N2S. The van der Waals surface area contributed by atoms with Crippen molar-refractivity contribution in [2.75, 3.05) is 25.1 Å². The summed E-state index contributed by atoms with van der Waals surface area (Å²) in [5.41, 5.74) is -0.140.